The number of carbonyl (C=O) groups is 1. The zero-order chi connectivity index (χ0) is 13.5. The minimum absolute atomic E-state index is 0.123. The Morgan fingerprint density at radius 2 is 2.32 bits per heavy atom. The van der Waals surface area contributed by atoms with Crippen LogP contribution in [0.15, 0.2) is 39.8 Å². The summed E-state index contributed by atoms with van der Waals surface area (Å²) in [7, 11) is 0. The molecule has 0 spiro atoms. The number of hydrogen-bond donors (Lipinski definition) is 2. The quantitative estimate of drug-likeness (QED) is 0.819. The average Bonchev–Trinajstić information content (AvgIpc) is 3.10. The predicted molar refractivity (Wildman–Crippen MR) is 74.4 cm³/mol. The van der Waals surface area contributed by atoms with Gasteiger partial charge in [-0.05, 0) is 47.2 Å². The largest absolute Gasteiger partial charge is 0.472 e. The minimum atomic E-state index is -0.123. The van der Waals surface area contributed by atoms with Crippen LogP contribution in [-0.2, 0) is 0 Å². The first-order chi connectivity index (χ1) is 9.31. The molecule has 0 saturated heterocycles. The first-order valence-corrected chi connectivity index (χ1v) is 7.19. The molecule has 1 amide bonds. The van der Waals surface area contributed by atoms with E-state index < -0.39 is 0 Å². The molecule has 0 aliphatic rings. The zero-order valence-corrected chi connectivity index (χ0v) is 11.4. The van der Waals surface area contributed by atoms with Crippen LogP contribution in [0.4, 0.5) is 0 Å². The lowest BCUT2D eigenvalue weighted by Gasteiger charge is -2.14. The van der Waals surface area contributed by atoms with Gasteiger partial charge in [0.25, 0.3) is 5.91 Å². The van der Waals surface area contributed by atoms with E-state index in [1.54, 1.807) is 17.4 Å². The molecule has 0 aromatic carbocycles. The van der Waals surface area contributed by atoms with Crippen LogP contribution >= 0.6 is 11.3 Å². The molecule has 0 fully saturated rings. The van der Waals surface area contributed by atoms with Gasteiger partial charge < -0.3 is 14.8 Å². The molecule has 0 saturated carbocycles. The maximum atomic E-state index is 11.7. The maximum absolute atomic E-state index is 11.7. The molecule has 0 bridgehead atoms. The number of amides is 1. The highest BCUT2D eigenvalue weighted by Crippen LogP contribution is 2.24. The van der Waals surface area contributed by atoms with Crippen LogP contribution in [0.2, 0.25) is 0 Å². The van der Waals surface area contributed by atoms with Gasteiger partial charge in [-0.1, -0.05) is 0 Å². The number of aliphatic hydroxyl groups is 1. The molecule has 0 radical (unpaired) electrons. The third kappa shape index (κ3) is 3.94. The standard InChI is InChI=1S/C14H17NO3S/c16-6-2-11(13-4-8-19-10-13)1-5-15-14(17)12-3-7-18-9-12/h3-4,7-11,16H,1-2,5-6H2,(H,15,17). The van der Waals surface area contributed by atoms with Crippen molar-refractivity contribution < 1.29 is 14.3 Å². The second-order valence-corrected chi connectivity index (χ2v) is 5.10. The van der Waals surface area contributed by atoms with Gasteiger partial charge in [-0.2, -0.15) is 11.3 Å². The van der Waals surface area contributed by atoms with Gasteiger partial charge in [0.15, 0.2) is 0 Å². The number of carbonyl (C=O) groups excluding carboxylic acids is 1. The van der Waals surface area contributed by atoms with Gasteiger partial charge in [0.05, 0.1) is 11.8 Å². The van der Waals surface area contributed by atoms with E-state index in [-0.39, 0.29) is 12.5 Å². The summed E-state index contributed by atoms with van der Waals surface area (Å²) < 4.78 is 4.87. The highest BCUT2D eigenvalue weighted by molar-refractivity contribution is 7.07. The third-order valence-corrected chi connectivity index (χ3v) is 3.76. The van der Waals surface area contributed by atoms with Crippen molar-refractivity contribution in [1.29, 1.82) is 0 Å². The van der Waals surface area contributed by atoms with Crippen LogP contribution in [-0.4, -0.2) is 24.2 Å². The molecular formula is C14H17NO3S. The molecule has 4 nitrogen and oxygen atoms in total. The van der Waals surface area contributed by atoms with E-state index in [1.807, 2.05) is 5.38 Å². The molecule has 1 unspecified atom stereocenters. The fourth-order valence-electron chi connectivity index (χ4n) is 2.00. The van der Waals surface area contributed by atoms with Gasteiger partial charge in [-0.3, -0.25) is 4.79 Å². The van der Waals surface area contributed by atoms with E-state index in [2.05, 4.69) is 16.8 Å². The molecular weight excluding hydrogens is 262 g/mol. The SMILES string of the molecule is O=C(NCCC(CCO)c1ccsc1)c1ccoc1. The van der Waals surface area contributed by atoms with Crippen molar-refractivity contribution in [2.45, 2.75) is 18.8 Å². The molecule has 2 rings (SSSR count). The van der Waals surface area contributed by atoms with E-state index in [9.17, 15) is 4.79 Å². The first kappa shape index (κ1) is 13.8. The fraction of sp³-hybridized carbons (Fsp3) is 0.357. The highest BCUT2D eigenvalue weighted by atomic mass is 32.1. The second kappa shape index (κ2) is 7.11. The Hall–Kier alpha value is -1.59. The zero-order valence-electron chi connectivity index (χ0n) is 10.5. The van der Waals surface area contributed by atoms with Gasteiger partial charge in [0, 0.05) is 13.2 Å². The molecule has 102 valence electrons. The maximum Gasteiger partial charge on any atom is 0.254 e. The monoisotopic (exact) mass is 279 g/mol. The predicted octanol–water partition coefficient (Wildman–Crippen LogP) is 2.63. The molecule has 0 aliphatic carbocycles. The van der Waals surface area contributed by atoms with Crippen LogP contribution in [0.1, 0.15) is 34.7 Å². The summed E-state index contributed by atoms with van der Waals surface area (Å²) in [5, 5.41) is 16.1. The van der Waals surface area contributed by atoms with Gasteiger partial charge in [0.1, 0.15) is 6.26 Å². The van der Waals surface area contributed by atoms with E-state index in [4.69, 9.17) is 9.52 Å². The number of thiophene rings is 1. The van der Waals surface area contributed by atoms with Crippen molar-refractivity contribution in [2.75, 3.05) is 13.2 Å². The van der Waals surface area contributed by atoms with E-state index in [0.717, 1.165) is 12.8 Å². The lowest BCUT2D eigenvalue weighted by Crippen LogP contribution is -2.25. The summed E-state index contributed by atoms with van der Waals surface area (Å²) in [6.45, 7) is 0.751. The van der Waals surface area contributed by atoms with Crippen molar-refractivity contribution in [3.63, 3.8) is 0 Å². The van der Waals surface area contributed by atoms with Crippen LogP contribution < -0.4 is 5.32 Å². The van der Waals surface area contributed by atoms with Crippen molar-refractivity contribution >= 4 is 17.2 Å². The Bertz CT molecular complexity index is 479. The van der Waals surface area contributed by atoms with Crippen molar-refractivity contribution in [3.8, 4) is 0 Å². The molecule has 1 atom stereocenters. The first-order valence-electron chi connectivity index (χ1n) is 6.24. The molecule has 2 aromatic rings. The Labute approximate surface area is 116 Å². The van der Waals surface area contributed by atoms with E-state index in [1.165, 1.54) is 18.1 Å². The Morgan fingerprint density at radius 3 is 2.95 bits per heavy atom. The van der Waals surface area contributed by atoms with Gasteiger partial charge in [-0.15, -0.1) is 0 Å². The molecule has 5 heteroatoms. The fourth-order valence-corrected chi connectivity index (χ4v) is 2.74. The number of nitrogens with one attached hydrogen (secondary N) is 1. The highest BCUT2D eigenvalue weighted by Gasteiger charge is 2.12. The Balaban J connectivity index is 1.81. The third-order valence-electron chi connectivity index (χ3n) is 3.05. The number of aliphatic hydroxyl groups excluding tert-OH is 1. The molecule has 19 heavy (non-hydrogen) atoms. The lowest BCUT2D eigenvalue weighted by atomic mass is 9.95. The Kier molecular flexibility index (Phi) is 5.18. The van der Waals surface area contributed by atoms with Crippen LogP contribution in [0.3, 0.4) is 0 Å². The minimum Gasteiger partial charge on any atom is -0.472 e. The topological polar surface area (TPSA) is 62.5 Å². The summed E-state index contributed by atoms with van der Waals surface area (Å²) in [5.41, 5.74) is 1.77. The van der Waals surface area contributed by atoms with Crippen LogP contribution in [0.25, 0.3) is 0 Å². The van der Waals surface area contributed by atoms with Crippen molar-refractivity contribution in [3.05, 3.63) is 46.5 Å². The summed E-state index contributed by atoms with van der Waals surface area (Å²) in [5.74, 6) is 0.169. The van der Waals surface area contributed by atoms with Gasteiger partial charge in [0.2, 0.25) is 0 Å². The number of furan rings is 1. The second-order valence-electron chi connectivity index (χ2n) is 4.32. The summed E-state index contributed by atoms with van der Waals surface area (Å²) in [6.07, 6.45) is 4.45. The molecule has 2 aromatic heterocycles. The average molecular weight is 279 g/mol. The number of hydrogen-bond acceptors (Lipinski definition) is 4. The van der Waals surface area contributed by atoms with Crippen LogP contribution in [0, 0.1) is 0 Å². The molecule has 0 aliphatic heterocycles. The summed E-state index contributed by atoms with van der Waals surface area (Å²) in [4.78, 5) is 11.7. The lowest BCUT2D eigenvalue weighted by molar-refractivity contribution is 0.0951. The smallest absolute Gasteiger partial charge is 0.254 e. The van der Waals surface area contributed by atoms with Crippen molar-refractivity contribution in [1.82, 2.24) is 5.32 Å². The Morgan fingerprint density at radius 1 is 1.42 bits per heavy atom. The van der Waals surface area contributed by atoms with Gasteiger partial charge >= 0.3 is 0 Å². The van der Waals surface area contributed by atoms with Crippen LogP contribution in [0.5, 0.6) is 0 Å². The summed E-state index contributed by atoms with van der Waals surface area (Å²) in [6, 6.07) is 3.71. The number of rotatable bonds is 7. The van der Waals surface area contributed by atoms with Crippen molar-refractivity contribution in [2.24, 2.45) is 0 Å². The van der Waals surface area contributed by atoms with E-state index in [0.29, 0.717) is 18.0 Å². The van der Waals surface area contributed by atoms with E-state index >= 15 is 0 Å². The molecule has 2 N–H and O–H groups in total. The summed E-state index contributed by atoms with van der Waals surface area (Å²) >= 11 is 1.65. The molecule has 2 heterocycles. The van der Waals surface area contributed by atoms with Gasteiger partial charge in [-0.25, -0.2) is 0 Å². The normalized spacial score (nSPS) is 12.3.